The zero-order chi connectivity index (χ0) is 21.7. The van der Waals surface area contributed by atoms with Gasteiger partial charge >= 0.3 is 5.69 Å². The van der Waals surface area contributed by atoms with Crippen molar-refractivity contribution < 1.29 is 8.78 Å². The number of hydrogen-bond donors (Lipinski definition) is 0. The first kappa shape index (κ1) is 19.2. The van der Waals surface area contributed by atoms with Crippen molar-refractivity contribution >= 4 is 11.2 Å². The van der Waals surface area contributed by atoms with Crippen LogP contribution in [0.15, 0.2) is 65.7 Å². The number of fused-ring (bicyclic) bond motifs is 3. The Morgan fingerprint density at radius 3 is 2.32 bits per heavy atom. The Morgan fingerprint density at radius 1 is 0.935 bits per heavy atom. The summed E-state index contributed by atoms with van der Waals surface area (Å²) >= 11 is 0. The van der Waals surface area contributed by atoms with Crippen molar-refractivity contribution in [2.45, 2.75) is 26.3 Å². The fourth-order valence-corrected chi connectivity index (χ4v) is 3.69. The summed E-state index contributed by atoms with van der Waals surface area (Å²) in [6.07, 6.45) is 3.27. The Kier molecular flexibility index (Phi) is 4.43. The van der Waals surface area contributed by atoms with Crippen molar-refractivity contribution in [1.29, 1.82) is 0 Å². The number of hydrogen-bond acceptors (Lipinski definition) is 3. The minimum absolute atomic E-state index is 0.0426. The van der Waals surface area contributed by atoms with Crippen LogP contribution in [0, 0.1) is 11.6 Å². The lowest BCUT2D eigenvalue weighted by atomic mass is 10.0. The predicted octanol–water partition coefficient (Wildman–Crippen LogP) is 4.26. The van der Waals surface area contributed by atoms with Crippen molar-refractivity contribution in [3.8, 4) is 11.3 Å². The summed E-state index contributed by atoms with van der Waals surface area (Å²) in [6.45, 7) is 4.24. The van der Waals surface area contributed by atoms with Gasteiger partial charge in [-0.2, -0.15) is 5.10 Å². The van der Waals surface area contributed by atoms with Gasteiger partial charge in [0.2, 0.25) is 0 Å². The van der Waals surface area contributed by atoms with Crippen molar-refractivity contribution in [2.24, 2.45) is 0 Å². The Bertz CT molecular complexity index is 1460. The molecular formula is C23H19F2N5O. The lowest BCUT2D eigenvalue weighted by molar-refractivity contribution is 0.572. The molecule has 0 aliphatic heterocycles. The number of nitrogens with zero attached hydrogens (tertiary/aromatic N) is 5. The zero-order valence-electron chi connectivity index (χ0n) is 17.0. The van der Waals surface area contributed by atoms with E-state index in [9.17, 15) is 13.6 Å². The van der Waals surface area contributed by atoms with Gasteiger partial charge in [-0.25, -0.2) is 27.2 Å². The van der Waals surface area contributed by atoms with Crippen LogP contribution < -0.4 is 5.69 Å². The molecule has 0 saturated heterocycles. The lowest BCUT2D eigenvalue weighted by Crippen LogP contribution is -2.21. The van der Waals surface area contributed by atoms with E-state index in [0.29, 0.717) is 22.6 Å². The molecule has 0 fully saturated rings. The molecule has 0 aliphatic rings. The van der Waals surface area contributed by atoms with Crippen LogP contribution in [0.3, 0.4) is 0 Å². The molecule has 0 unspecified atom stereocenters. The molecule has 0 saturated carbocycles. The Morgan fingerprint density at radius 2 is 1.65 bits per heavy atom. The summed E-state index contributed by atoms with van der Waals surface area (Å²) in [7, 11) is 0. The Hall–Kier alpha value is -3.81. The van der Waals surface area contributed by atoms with E-state index in [1.54, 1.807) is 16.9 Å². The van der Waals surface area contributed by atoms with E-state index in [2.05, 4.69) is 36.2 Å². The van der Waals surface area contributed by atoms with E-state index in [4.69, 9.17) is 0 Å². The highest BCUT2D eigenvalue weighted by atomic mass is 19.1. The molecular weight excluding hydrogens is 400 g/mol. The van der Waals surface area contributed by atoms with E-state index in [0.717, 1.165) is 17.3 Å². The molecule has 0 atom stereocenters. The molecule has 5 rings (SSSR count). The molecule has 156 valence electrons. The first-order valence-corrected chi connectivity index (χ1v) is 9.92. The quantitative estimate of drug-likeness (QED) is 0.437. The van der Waals surface area contributed by atoms with E-state index in [1.165, 1.54) is 26.8 Å². The molecule has 0 N–H and O–H groups in total. The SMILES string of the molecule is CC(C)c1ccc(-c2cc3c4nn(Cc5cc(F)cc(F)c5)c(=O)n4ccn3n2)cc1. The highest BCUT2D eigenvalue weighted by Gasteiger charge is 2.14. The normalized spacial score (nSPS) is 11.8. The summed E-state index contributed by atoms with van der Waals surface area (Å²) in [5.74, 6) is -0.951. The van der Waals surface area contributed by atoms with Crippen LogP contribution in [-0.2, 0) is 6.54 Å². The lowest BCUT2D eigenvalue weighted by Gasteiger charge is -2.05. The fraction of sp³-hybridized carbons (Fsp3) is 0.174. The number of halogens is 2. The van der Waals surface area contributed by atoms with Crippen LogP contribution in [0.1, 0.15) is 30.9 Å². The van der Waals surface area contributed by atoms with Gasteiger partial charge in [0.25, 0.3) is 0 Å². The number of rotatable bonds is 4. The van der Waals surface area contributed by atoms with Crippen LogP contribution in [0.25, 0.3) is 22.4 Å². The summed E-state index contributed by atoms with van der Waals surface area (Å²) in [5.41, 5.74) is 3.97. The second-order valence-corrected chi connectivity index (χ2v) is 7.85. The topological polar surface area (TPSA) is 56.6 Å². The fourth-order valence-electron chi connectivity index (χ4n) is 3.69. The third-order valence-electron chi connectivity index (χ3n) is 5.32. The first-order valence-electron chi connectivity index (χ1n) is 9.92. The van der Waals surface area contributed by atoms with Crippen LogP contribution in [0.4, 0.5) is 8.78 Å². The average Bonchev–Trinajstić information content (AvgIpc) is 3.29. The average molecular weight is 419 g/mol. The molecule has 8 heteroatoms. The maximum Gasteiger partial charge on any atom is 0.350 e. The first-order chi connectivity index (χ1) is 14.9. The highest BCUT2D eigenvalue weighted by Crippen LogP contribution is 2.24. The van der Waals surface area contributed by atoms with Crippen molar-refractivity contribution in [3.63, 3.8) is 0 Å². The zero-order valence-corrected chi connectivity index (χ0v) is 17.0. The van der Waals surface area contributed by atoms with Gasteiger partial charge < -0.3 is 0 Å². The molecule has 0 amide bonds. The standard InChI is InChI=1S/C23H19F2N5O/c1-14(2)16-3-5-17(6-4-16)20-12-21-22-27-30(13-15-9-18(24)11-19(25)10-15)23(31)28(22)7-8-29(21)26-20/h3-12,14H,13H2,1-2H3. The molecule has 0 bridgehead atoms. The van der Waals surface area contributed by atoms with Crippen LogP contribution in [-0.4, -0.2) is 23.8 Å². The van der Waals surface area contributed by atoms with Crippen LogP contribution in [0.2, 0.25) is 0 Å². The van der Waals surface area contributed by atoms with Gasteiger partial charge in [0.1, 0.15) is 17.2 Å². The summed E-state index contributed by atoms with van der Waals surface area (Å²) in [5, 5.41) is 9.01. The molecule has 0 aliphatic carbocycles. The maximum absolute atomic E-state index is 13.5. The monoisotopic (exact) mass is 419 g/mol. The molecule has 0 radical (unpaired) electrons. The van der Waals surface area contributed by atoms with Gasteiger partial charge in [-0.15, -0.1) is 5.10 Å². The third-order valence-corrected chi connectivity index (χ3v) is 5.32. The minimum Gasteiger partial charge on any atom is -0.247 e. The van der Waals surface area contributed by atoms with Crippen molar-refractivity contribution in [3.05, 3.63) is 94.2 Å². The highest BCUT2D eigenvalue weighted by molar-refractivity contribution is 5.76. The second-order valence-electron chi connectivity index (χ2n) is 7.85. The van der Waals surface area contributed by atoms with Gasteiger partial charge in [-0.3, -0.25) is 0 Å². The van der Waals surface area contributed by atoms with E-state index < -0.39 is 17.3 Å². The van der Waals surface area contributed by atoms with Gasteiger partial charge in [0.05, 0.1) is 12.2 Å². The van der Waals surface area contributed by atoms with E-state index in [1.807, 2.05) is 18.2 Å². The van der Waals surface area contributed by atoms with Gasteiger partial charge in [0.15, 0.2) is 5.65 Å². The summed E-state index contributed by atoms with van der Waals surface area (Å²) in [4.78, 5) is 12.8. The largest absolute Gasteiger partial charge is 0.350 e. The van der Waals surface area contributed by atoms with Crippen LogP contribution >= 0.6 is 0 Å². The van der Waals surface area contributed by atoms with Gasteiger partial charge in [0, 0.05) is 24.0 Å². The molecule has 2 aromatic carbocycles. The van der Waals surface area contributed by atoms with Crippen molar-refractivity contribution in [2.75, 3.05) is 0 Å². The Balaban J connectivity index is 1.58. The minimum atomic E-state index is -0.696. The number of benzene rings is 2. The second kappa shape index (κ2) is 7.16. The number of aromatic nitrogens is 5. The van der Waals surface area contributed by atoms with Gasteiger partial charge in [-0.1, -0.05) is 38.1 Å². The summed E-state index contributed by atoms with van der Waals surface area (Å²) < 4.78 is 31.3. The summed E-state index contributed by atoms with van der Waals surface area (Å²) in [6, 6.07) is 13.3. The molecule has 0 spiro atoms. The molecule has 3 heterocycles. The van der Waals surface area contributed by atoms with Crippen molar-refractivity contribution in [1.82, 2.24) is 23.8 Å². The molecule has 31 heavy (non-hydrogen) atoms. The third kappa shape index (κ3) is 3.39. The van der Waals surface area contributed by atoms with Crippen LogP contribution in [0.5, 0.6) is 0 Å². The molecule has 5 aromatic rings. The van der Waals surface area contributed by atoms with E-state index in [-0.39, 0.29) is 6.54 Å². The Labute approximate surface area is 176 Å². The smallest absolute Gasteiger partial charge is 0.247 e. The van der Waals surface area contributed by atoms with Gasteiger partial charge in [-0.05, 0) is 35.2 Å². The predicted molar refractivity (Wildman–Crippen MR) is 113 cm³/mol. The molecule has 3 aromatic heterocycles. The maximum atomic E-state index is 13.5. The molecule has 6 nitrogen and oxygen atoms in total. The van der Waals surface area contributed by atoms with E-state index >= 15 is 0 Å².